The Morgan fingerprint density at radius 1 is 1.03 bits per heavy atom. The fraction of sp³-hybridized carbons (Fsp3) is 0.182. The van der Waals surface area contributed by atoms with E-state index in [0.717, 1.165) is 16.9 Å². The Balaban J connectivity index is 1.35. The number of aromatic nitrogens is 2. The van der Waals surface area contributed by atoms with E-state index in [4.69, 9.17) is 5.73 Å². The number of hydrogen-bond acceptors (Lipinski definition) is 5. The molecule has 1 unspecified atom stereocenters. The van der Waals surface area contributed by atoms with Crippen molar-refractivity contribution >= 4 is 23.2 Å². The van der Waals surface area contributed by atoms with E-state index in [2.05, 4.69) is 15.5 Å². The second kappa shape index (κ2) is 8.60. The Bertz CT molecular complexity index is 1050. The minimum absolute atomic E-state index is 0.189. The van der Waals surface area contributed by atoms with E-state index in [1.165, 1.54) is 5.01 Å². The van der Waals surface area contributed by atoms with Crippen molar-refractivity contribution in [2.75, 3.05) is 11.6 Å². The van der Waals surface area contributed by atoms with Gasteiger partial charge in [0, 0.05) is 25.4 Å². The second-order valence-corrected chi connectivity index (χ2v) is 6.97. The lowest BCUT2D eigenvalue weighted by molar-refractivity contribution is -0.119. The van der Waals surface area contributed by atoms with Crippen molar-refractivity contribution in [1.29, 1.82) is 0 Å². The van der Waals surface area contributed by atoms with Gasteiger partial charge in [0.2, 0.25) is 5.91 Å². The van der Waals surface area contributed by atoms with Crippen molar-refractivity contribution < 1.29 is 9.59 Å². The number of rotatable bonds is 7. The van der Waals surface area contributed by atoms with E-state index in [1.807, 2.05) is 66.9 Å². The first-order chi connectivity index (χ1) is 14.6. The number of nitrogens with one attached hydrogen (secondary N) is 1. The van der Waals surface area contributed by atoms with Gasteiger partial charge in [0.05, 0.1) is 11.4 Å². The third-order valence-corrected chi connectivity index (χ3v) is 4.93. The minimum atomic E-state index is -0.664. The number of nitrogens with zero attached hydrogens (tertiary/aromatic N) is 4. The highest BCUT2D eigenvalue weighted by atomic mass is 16.2. The van der Waals surface area contributed by atoms with Crippen LogP contribution in [0.25, 0.3) is 5.69 Å². The molecule has 3 N–H and O–H groups in total. The number of benzene rings is 2. The number of primary amides is 1. The molecule has 4 rings (SSSR count). The van der Waals surface area contributed by atoms with E-state index in [1.54, 1.807) is 10.9 Å². The fourth-order valence-corrected chi connectivity index (χ4v) is 3.35. The molecule has 152 valence electrons. The molecule has 0 bridgehead atoms. The van der Waals surface area contributed by atoms with Crippen LogP contribution in [0.3, 0.4) is 0 Å². The molecule has 0 fully saturated rings. The van der Waals surface area contributed by atoms with Crippen molar-refractivity contribution in [3.05, 3.63) is 78.6 Å². The standard InChI is InChI=1S/C22H22N6O2/c23-21(29)20-15-19(26-28(20)18-5-2-1-3-6-18)22(30)24-13-11-16-7-9-17(10-8-16)27-14-4-12-25-27/h1-10,12,14,20H,11,13,15H2,(H2,23,29)(H,24,30). The summed E-state index contributed by atoms with van der Waals surface area (Å²) in [6, 6.07) is 18.4. The molecule has 0 saturated heterocycles. The highest BCUT2D eigenvalue weighted by Gasteiger charge is 2.34. The zero-order valence-corrected chi connectivity index (χ0v) is 16.3. The largest absolute Gasteiger partial charge is 0.368 e. The Morgan fingerprint density at radius 3 is 2.47 bits per heavy atom. The van der Waals surface area contributed by atoms with Gasteiger partial charge < -0.3 is 11.1 Å². The second-order valence-electron chi connectivity index (χ2n) is 6.97. The van der Waals surface area contributed by atoms with E-state index in [-0.39, 0.29) is 12.3 Å². The van der Waals surface area contributed by atoms with E-state index in [0.29, 0.717) is 18.7 Å². The molecule has 0 saturated carbocycles. The molecule has 8 heteroatoms. The predicted molar refractivity (Wildman–Crippen MR) is 114 cm³/mol. The summed E-state index contributed by atoms with van der Waals surface area (Å²) in [5.74, 6) is -0.796. The quantitative estimate of drug-likeness (QED) is 0.627. The third-order valence-electron chi connectivity index (χ3n) is 4.93. The molecule has 1 atom stereocenters. The maximum Gasteiger partial charge on any atom is 0.267 e. The van der Waals surface area contributed by atoms with Crippen LogP contribution in [-0.2, 0) is 16.0 Å². The molecule has 1 aromatic heterocycles. The smallest absolute Gasteiger partial charge is 0.267 e. The lowest BCUT2D eigenvalue weighted by atomic mass is 10.1. The van der Waals surface area contributed by atoms with Crippen molar-refractivity contribution in [2.24, 2.45) is 10.8 Å². The van der Waals surface area contributed by atoms with Gasteiger partial charge in [-0.25, -0.2) is 4.68 Å². The minimum Gasteiger partial charge on any atom is -0.368 e. The molecule has 0 radical (unpaired) electrons. The molecular formula is C22H22N6O2. The van der Waals surface area contributed by atoms with Gasteiger partial charge in [-0.15, -0.1) is 0 Å². The number of nitrogens with two attached hydrogens (primary N) is 1. The highest BCUT2D eigenvalue weighted by Crippen LogP contribution is 2.24. The summed E-state index contributed by atoms with van der Waals surface area (Å²) in [6.07, 6.45) is 4.49. The van der Waals surface area contributed by atoms with Crippen molar-refractivity contribution in [3.63, 3.8) is 0 Å². The van der Waals surface area contributed by atoms with Crippen LogP contribution in [0.4, 0.5) is 5.69 Å². The molecular weight excluding hydrogens is 380 g/mol. The van der Waals surface area contributed by atoms with Gasteiger partial charge in [0.1, 0.15) is 11.8 Å². The summed E-state index contributed by atoms with van der Waals surface area (Å²) in [6.45, 7) is 0.464. The lowest BCUT2D eigenvalue weighted by Gasteiger charge is -2.20. The predicted octanol–water partition coefficient (Wildman–Crippen LogP) is 1.65. The van der Waals surface area contributed by atoms with E-state index in [9.17, 15) is 9.59 Å². The zero-order chi connectivity index (χ0) is 20.9. The molecule has 2 heterocycles. The molecule has 0 aliphatic carbocycles. The van der Waals surface area contributed by atoms with Crippen LogP contribution in [0.1, 0.15) is 12.0 Å². The Hall–Kier alpha value is -3.94. The summed E-state index contributed by atoms with van der Waals surface area (Å²) in [7, 11) is 0. The SMILES string of the molecule is NC(=O)C1CC(C(=O)NCCc2ccc(-n3cccn3)cc2)=NN1c1ccccc1. The van der Waals surface area contributed by atoms with Crippen molar-refractivity contribution in [3.8, 4) is 5.69 Å². The number of para-hydroxylation sites is 1. The average Bonchev–Trinajstić information content (AvgIpc) is 3.45. The van der Waals surface area contributed by atoms with Gasteiger partial charge in [-0.2, -0.15) is 10.2 Å². The van der Waals surface area contributed by atoms with Gasteiger partial charge in [0.15, 0.2) is 0 Å². The Morgan fingerprint density at radius 2 is 1.80 bits per heavy atom. The van der Waals surface area contributed by atoms with Crippen LogP contribution in [0.5, 0.6) is 0 Å². The van der Waals surface area contributed by atoms with Gasteiger partial charge >= 0.3 is 0 Å². The summed E-state index contributed by atoms with van der Waals surface area (Å²) < 4.78 is 1.79. The number of amides is 2. The van der Waals surface area contributed by atoms with Crippen LogP contribution in [0.2, 0.25) is 0 Å². The number of hydrazone groups is 1. The van der Waals surface area contributed by atoms with Crippen LogP contribution < -0.4 is 16.1 Å². The lowest BCUT2D eigenvalue weighted by Crippen LogP contribution is -2.40. The maximum atomic E-state index is 12.6. The summed E-state index contributed by atoms with van der Waals surface area (Å²) in [5, 5.41) is 13.0. The number of carbonyl (C=O) groups is 2. The van der Waals surface area contributed by atoms with Crippen molar-refractivity contribution in [2.45, 2.75) is 18.9 Å². The van der Waals surface area contributed by atoms with Crippen LogP contribution in [-0.4, -0.2) is 39.9 Å². The molecule has 1 aliphatic heterocycles. The molecule has 2 aromatic carbocycles. The molecule has 30 heavy (non-hydrogen) atoms. The van der Waals surface area contributed by atoms with Gasteiger partial charge in [-0.1, -0.05) is 30.3 Å². The van der Waals surface area contributed by atoms with E-state index < -0.39 is 11.9 Å². The van der Waals surface area contributed by atoms with Crippen molar-refractivity contribution in [1.82, 2.24) is 15.1 Å². The first kappa shape index (κ1) is 19.4. The van der Waals surface area contributed by atoms with Gasteiger partial charge in [-0.05, 0) is 42.3 Å². The third kappa shape index (κ3) is 4.22. The molecule has 0 spiro atoms. The monoisotopic (exact) mass is 402 g/mol. The summed E-state index contributed by atoms with van der Waals surface area (Å²) >= 11 is 0. The maximum absolute atomic E-state index is 12.6. The molecule has 3 aromatic rings. The van der Waals surface area contributed by atoms with Crippen LogP contribution in [0.15, 0.2) is 78.2 Å². The normalized spacial score (nSPS) is 15.7. The fourth-order valence-electron chi connectivity index (χ4n) is 3.35. The highest BCUT2D eigenvalue weighted by molar-refractivity contribution is 6.40. The first-order valence-corrected chi connectivity index (χ1v) is 9.70. The summed E-state index contributed by atoms with van der Waals surface area (Å²) in [5.41, 5.74) is 8.62. The molecule has 1 aliphatic rings. The number of anilines is 1. The van der Waals surface area contributed by atoms with Crippen LogP contribution >= 0.6 is 0 Å². The van der Waals surface area contributed by atoms with E-state index >= 15 is 0 Å². The first-order valence-electron chi connectivity index (χ1n) is 9.70. The average molecular weight is 402 g/mol. The topological polar surface area (TPSA) is 106 Å². The Kier molecular flexibility index (Phi) is 5.56. The van der Waals surface area contributed by atoms with Crippen LogP contribution in [0, 0.1) is 0 Å². The van der Waals surface area contributed by atoms with Gasteiger partial charge in [0.25, 0.3) is 5.91 Å². The number of carbonyl (C=O) groups excluding carboxylic acids is 2. The zero-order valence-electron chi connectivity index (χ0n) is 16.3. The number of hydrogen-bond donors (Lipinski definition) is 2. The summed E-state index contributed by atoms with van der Waals surface area (Å²) in [4.78, 5) is 24.4. The molecule has 2 amide bonds. The molecule has 8 nitrogen and oxygen atoms in total. The Labute approximate surface area is 174 Å². The van der Waals surface area contributed by atoms with Gasteiger partial charge in [-0.3, -0.25) is 14.6 Å².